The first-order valence-electron chi connectivity index (χ1n) is 12.2. The lowest BCUT2D eigenvalue weighted by Crippen LogP contribution is -2.47. The Morgan fingerprint density at radius 1 is 0.970 bits per heavy atom. The Hall–Kier alpha value is -1.67. The predicted octanol–water partition coefficient (Wildman–Crippen LogP) is 5.36. The van der Waals surface area contributed by atoms with Gasteiger partial charge >= 0.3 is 0 Å². The van der Waals surface area contributed by atoms with E-state index in [9.17, 15) is 4.79 Å². The van der Waals surface area contributed by atoms with Crippen molar-refractivity contribution in [1.29, 1.82) is 0 Å². The fraction of sp³-hybridized carbons (Fsp3) is 0.577. The molecule has 1 aromatic heterocycles. The maximum absolute atomic E-state index is 13.1. The molecule has 0 bridgehead atoms. The van der Waals surface area contributed by atoms with Gasteiger partial charge in [-0.05, 0) is 42.7 Å². The molecule has 0 N–H and O–H groups in total. The molecule has 6 nitrogen and oxygen atoms in total. The molecule has 33 heavy (non-hydrogen) atoms. The third kappa shape index (κ3) is 5.53. The predicted molar refractivity (Wildman–Crippen MR) is 129 cm³/mol. The number of likely N-dealkylation sites (tertiary alicyclic amines) is 1. The van der Waals surface area contributed by atoms with E-state index in [4.69, 9.17) is 13.9 Å². The maximum atomic E-state index is 13.1. The topological polar surface area (TPSA) is 55.2 Å². The van der Waals surface area contributed by atoms with E-state index in [1.165, 1.54) is 37.7 Å². The van der Waals surface area contributed by atoms with Gasteiger partial charge in [0.05, 0.1) is 19.8 Å². The SMILES string of the molecule is O=C(c1ccc(CN(Cc2ccc(Br)cc2)C2CCCCC2)o1)N1CCC2(CC1)OCCO2. The molecule has 1 aliphatic carbocycles. The van der Waals surface area contributed by atoms with Crippen LogP contribution in [0.25, 0.3) is 0 Å². The molecule has 2 saturated heterocycles. The van der Waals surface area contributed by atoms with Gasteiger partial charge in [0.2, 0.25) is 0 Å². The van der Waals surface area contributed by atoms with Crippen LogP contribution in [-0.4, -0.2) is 53.8 Å². The summed E-state index contributed by atoms with van der Waals surface area (Å²) in [6.07, 6.45) is 7.78. The second-order valence-corrected chi connectivity index (χ2v) is 10.4. The van der Waals surface area contributed by atoms with Crippen molar-refractivity contribution >= 4 is 21.8 Å². The van der Waals surface area contributed by atoms with Crippen molar-refractivity contribution in [1.82, 2.24) is 9.80 Å². The fourth-order valence-corrected chi connectivity index (χ4v) is 5.62. The zero-order valence-corrected chi connectivity index (χ0v) is 20.7. The van der Waals surface area contributed by atoms with E-state index in [1.54, 1.807) is 0 Å². The van der Waals surface area contributed by atoms with Crippen LogP contribution in [0, 0.1) is 0 Å². The van der Waals surface area contributed by atoms with Crippen LogP contribution in [0.2, 0.25) is 0 Å². The van der Waals surface area contributed by atoms with Gasteiger partial charge in [0.1, 0.15) is 5.76 Å². The number of carbonyl (C=O) groups is 1. The van der Waals surface area contributed by atoms with Crippen LogP contribution in [0.4, 0.5) is 0 Å². The minimum atomic E-state index is -0.474. The molecular formula is C26H33BrN2O4. The van der Waals surface area contributed by atoms with Crippen LogP contribution in [0.1, 0.15) is 66.8 Å². The highest BCUT2D eigenvalue weighted by atomic mass is 79.9. The second kappa shape index (κ2) is 10.3. The van der Waals surface area contributed by atoms with Crippen LogP contribution in [-0.2, 0) is 22.6 Å². The number of nitrogens with zero attached hydrogens (tertiary/aromatic N) is 2. The monoisotopic (exact) mass is 516 g/mol. The van der Waals surface area contributed by atoms with Crippen molar-refractivity contribution in [3.05, 3.63) is 58.0 Å². The van der Waals surface area contributed by atoms with E-state index in [0.29, 0.717) is 38.1 Å². The zero-order chi connectivity index (χ0) is 22.7. The Bertz CT molecular complexity index is 922. The Morgan fingerprint density at radius 2 is 1.67 bits per heavy atom. The van der Waals surface area contributed by atoms with Gasteiger partial charge < -0.3 is 18.8 Å². The third-order valence-electron chi connectivity index (χ3n) is 7.25. The summed E-state index contributed by atoms with van der Waals surface area (Å²) in [7, 11) is 0. The van der Waals surface area contributed by atoms with Gasteiger partial charge in [0.25, 0.3) is 5.91 Å². The highest BCUT2D eigenvalue weighted by Gasteiger charge is 2.41. The minimum Gasteiger partial charge on any atom is -0.455 e. The van der Waals surface area contributed by atoms with Gasteiger partial charge in [-0.15, -0.1) is 0 Å². The Labute approximate surface area is 204 Å². The number of ether oxygens (including phenoxy) is 2. The Balaban J connectivity index is 1.24. The van der Waals surface area contributed by atoms with E-state index in [-0.39, 0.29) is 5.91 Å². The number of carbonyl (C=O) groups excluding carboxylic acids is 1. The number of halogens is 1. The molecule has 178 valence electrons. The molecule has 5 rings (SSSR count). The normalized spacial score (nSPS) is 21.2. The van der Waals surface area contributed by atoms with Crippen LogP contribution in [0.15, 0.2) is 45.3 Å². The zero-order valence-electron chi connectivity index (χ0n) is 19.1. The van der Waals surface area contributed by atoms with E-state index >= 15 is 0 Å². The summed E-state index contributed by atoms with van der Waals surface area (Å²) in [4.78, 5) is 17.4. The molecule has 3 aliphatic rings. The summed E-state index contributed by atoms with van der Waals surface area (Å²) in [6, 6.07) is 12.9. The summed E-state index contributed by atoms with van der Waals surface area (Å²) >= 11 is 3.53. The molecule has 1 amide bonds. The first kappa shape index (κ1) is 23.1. The number of amides is 1. The molecule has 7 heteroatoms. The smallest absolute Gasteiger partial charge is 0.289 e. The third-order valence-corrected chi connectivity index (χ3v) is 7.78. The number of benzene rings is 1. The second-order valence-electron chi connectivity index (χ2n) is 9.49. The summed E-state index contributed by atoms with van der Waals surface area (Å²) in [5.41, 5.74) is 1.30. The molecule has 2 aromatic rings. The molecule has 0 atom stereocenters. The van der Waals surface area contributed by atoms with E-state index in [1.807, 2.05) is 17.0 Å². The molecule has 0 unspecified atom stereocenters. The summed E-state index contributed by atoms with van der Waals surface area (Å²) in [5.74, 6) is 0.781. The number of rotatable bonds is 6. The van der Waals surface area contributed by atoms with Crippen molar-refractivity contribution in [2.24, 2.45) is 0 Å². The van der Waals surface area contributed by atoms with Crippen molar-refractivity contribution in [2.75, 3.05) is 26.3 Å². The lowest BCUT2D eigenvalue weighted by Gasteiger charge is -2.37. The van der Waals surface area contributed by atoms with E-state index in [0.717, 1.165) is 36.2 Å². The van der Waals surface area contributed by atoms with Gasteiger partial charge in [0.15, 0.2) is 11.5 Å². The molecule has 3 fully saturated rings. The lowest BCUT2D eigenvalue weighted by atomic mass is 9.93. The molecule has 1 aromatic carbocycles. The molecule has 1 saturated carbocycles. The van der Waals surface area contributed by atoms with Crippen molar-refractivity contribution in [3.8, 4) is 0 Å². The minimum absolute atomic E-state index is 0.0359. The van der Waals surface area contributed by atoms with Gasteiger partial charge in [-0.2, -0.15) is 0 Å². The van der Waals surface area contributed by atoms with Crippen LogP contribution in [0.5, 0.6) is 0 Å². The first-order chi connectivity index (χ1) is 16.1. The van der Waals surface area contributed by atoms with Gasteiger partial charge in [-0.25, -0.2) is 0 Å². The maximum Gasteiger partial charge on any atom is 0.289 e. The van der Waals surface area contributed by atoms with E-state index < -0.39 is 5.79 Å². The summed E-state index contributed by atoms with van der Waals surface area (Å²) in [6.45, 7) is 4.16. The molecule has 2 aliphatic heterocycles. The van der Waals surface area contributed by atoms with Crippen molar-refractivity contribution in [3.63, 3.8) is 0 Å². The van der Waals surface area contributed by atoms with Crippen LogP contribution in [0.3, 0.4) is 0 Å². The van der Waals surface area contributed by atoms with Gasteiger partial charge in [-0.1, -0.05) is 47.3 Å². The Morgan fingerprint density at radius 3 is 2.36 bits per heavy atom. The van der Waals surface area contributed by atoms with E-state index in [2.05, 4.69) is 45.1 Å². The number of hydrogen-bond acceptors (Lipinski definition) is 5. The van der Waals surface area contributed by atoms with Crippen molar-refractivity contribution in [2.45, 2.75) is 69.9 Å². The standard InChI is InChI=1S/C26H33BrN2O4/c27-21-8-6-20(7-9-21)18-29(22-4-2-1-3-5-22)19-23-10-11-24(33-23)25(30)28-14-12-26(13-15-28)31-16-17-32-26/h6-11,22H,1-5,12-19H2. The van der Waals surface area contributed by atoms with Gasteiger partial charge in [-0.3, -0.25) is 9.69 Å². The lowest BCUT2D eigenvalue weighted by molar-refractivity contribution is -0.181. The van der Waals surface area contributed by atoms with Crippen LogP contribution >= 0.6 is 15.9 Å². The molecular weight excluding hydrogens is 484 g/mol. The van der Waals surface area contributed by atoms with Gasteiger partial charge in [0, 0.05) is 43.0 Å². The van der Waals surface area contributed by atoms with Crippen molar-refractivity contribution < 1.29 is 18.7 Å². The largest absolute Gasteiger partial charge is 0.455 e. The molecule has 0 radical (unpaired) electrons. The first-order valence-corrected chi connectivity index (χ1v) is 13.0. The average molecular weight is 517 g/mol. The molecule has 3 heterocycles. The average Bonchev–Trinajstić information content (AvgIpc) is 3.51. The Kier molecular flexibility index (Phi) is 7.21. The summed E-state index contributed by atoms with van der Waals surface area (Å²) < 4.78 is 18.8. The number of piperidine rings is 1. The highest BCUT2D eigenvalue weighted by molar-refractivity contribution is 9.10. The number of hydrogen-bond donors (Lipinski definition) is 0. The number of furan rings is 1. The molecule has 1 spiro atoms. The quantitative estimate of drug-likeness (QED) is 0.517. The van der Waals surface area contributed by atoms with Crippen LogP contribution < -0.4 is 0 Å². The summed E-state index contributed by atoms with van der Waals surface area (Å²) in [5, 5.41) is 0. The highest BCUT2D eigenvalue weighted by Crippen LogP contribution is 2.32. The fourth-order valence-electron chi connectivity index (χ4n) is 5.35.